The smallest absolute Gasteiger partial charge is 0.0510 e. The van der Waals surface area contributed by atoms with Crippen molar-refractivity contribution in [2.24, 2.45) is 5.92 Å². The third-order valence-electron chi connectivity index (χ3n) is 2.30. The van der Waals surface area contributed by atoms with Crippen molar-refractivity contribution in [3.8, 4) is 0 Å². The summed E-state index contributed by atoms with van der Waals surface area (Å²) in [7, 11) is 0. The molecule has 1 aromatic heterocycles. The van der Waals surface area contributed by atoms with Crippen molar-refractivity contribution in [1.29, 1.82) is 0 Å². The predicted molar refractivity (Wildman–Crippen MR) is 57.2 cm³/mol. The highest BCUT2D eigenvalue weighted by Crippen LogP contribution is 2.36. The molecule has 1 N–H and O–H groups in total. The third-order valence-corrected chi connectivity index (χ3v) is 3.89. The van der Waals surface area contributed by atoms with Gasteiger partial charge in [-0.3, -0.25) is 4.98 Å². The van der Waals surface area contributed by atoms with Crippen LogP contribution in [0.2, 0.25) is 0 Å². The van der Waals surface area contributed by atoms with Gasteiger partial charge in [0.2, 0.25) is 0 Å². The van der Waals surface area contributed by atoms with Gasteiger partial charge in [-0.05, 0) is 12.0 Å². The maximum Gasteiger partial charge on any atom is 0.0510 e. The summed E-state index contributed by atoms with van der Waals surface area (Å²) in [6, 6.07) is 2.04. The van der Waals surface area contributed by atoms with Crippen LogP contribution >= 0.6 is 11.8 Å². The molecule has 1 atom stereocenters. The van der Waals surface area contributed by atoms with Crippen molar-refractivity contribution < 1.29 is 0 Å². The Labute approximate surface area is 83.1 Å². The second-order valence-corrected chi connectivity index (χ2v) is 4.93. The molecule has 2 rings (SSSR count). The monoisotopic (exact) mass is 194 g/mol. The summed E-state index contributed by atoms with van der Waals surface area (Å²) in [5, 5.41) is 4.11. The number of anilines is 1. The van der Waals surface area contributed by atoms with E-state index in [9.17, 15) is 0 Å². The second-order valence-electron chi connectivity index (χ2n) is 3.65. The Bertz CT molecular complexity index is 299. The molecule has 1 aliphatic heterocycles. The molecule has 70 valence electrons. The van der Waals surface area contributed by atoms with Crippen LogP contribution in [0.3, 0.4) is 0 Å². The molecule has 0 saturated heterocycles. The summed E-state index contributed by atoms with van der Waals surface area (Å²) < 4.78 is 0. The van der Waals surface area contributed by atoms with E-state index >= 15 is 0 Å². The summed E-state index contributed by atoms with van der Waals surface area (Å²) in [5.74, 6) is 0.714. The zero-order valence-corrected chi connectivity index (χ0v) is 8.77. The highest BCUT2D eigenvalue weighted by atomic mass is 32.2. The number of nitrogens with one attached hydrogen (secondary N) is 1. The first-order valence-electron chi connectivity index (χ1n) is 4.62. The van der Waals surface area contributed by atoms with Gasteiger partial charge in [0.25, 0.3) is 0 Å². The van der Waals surface area contributed by atoms with Gasteiger partial charge in [-0.1, -0.05) is 13.8 Å². The van der Waals surface area contributed by atoms with Crippen molar-refractivity contribution >= 4 is 17.4 Å². The fourth-order valence-corrected chi connectivity index (χ4v) is 2.56. The van der Waals surface area contributed by atoms with Gasteiger partial charge in [-0.25, -0.2) is 0 Å². The molecule has 0 amide bonds. The van der Waals surface area contributed by atoms with Crippen LogP contribution in [0.1, 0.15) is 13.8 Å². The number of fused-ring (bicyclic) bond motifs is 1. The van der Waals surface area contributed by atoms with E-state index in [1.807, 2.05) is 30.2 Å². The van der Waals surface area contributed by atoms with Gasteiger partial charge in [0.15, 0.2) is 0 Å². The maximum atomic E-state index is 4.13. The lowest BCUT2D eigenvalue weighted by atomic mass is 10.1. The summed E-state index contributed by atoms with van der Waals surface area (Å²) in [6.07, 6.45) is 3.78. The van der Waals surface area contributed by atoms with Crippen molar-refractivity contribution in [1.82, 2.24) is 4.98 Å². The Balaban J connectivity index is 2.20. The van der Waals surface area contributed by atoms with Crippen LogP contribution in [0.5, 0.6) is 0 Å². The van der Waals surface area contributed by atoms with Gasteiger partial charge in [0.05, 0.1) is 5.69 Å². The number of aromatic nitrogens is 1. The summed E-state index contributed by atoms with van der Waals surface area (Å²) in [4.78, 5) is 5.42. The van der Waals surface area contributed by atoms with Crippen LogP contribution in [-0.4, -0.2) is 16.8 Å². The molecule has 0 radical (unpaired) electrons. The molecule has 13 heavy (non-hydrogen) atoms. The highest BCUT2D eigenvalue weighted by Gasteiger charge is 2.21. The fraction of sp³-hybridized carbons (Fsp3) is 0.500. The lowest BCUT2D eigenvalue weighted by Gasteiger charge is -2.27. The van der Waals surface area contributed by atoms with Gasteiger partial charge in [-0.15, -0.1) is 11.8 Å². The molecular formula is C10H14N2S. The van der Waals surface area contributed by atoms with Gasteiger partial charge in [0, 0.05) is 29.1 Å². The summed E-state index contributed by atoms with van der Waals surface area (Å²) in [6.45, 7) is 5.60. The Morgan fingerprint density at radius 1 is 1.62 bits per heavy atom. The Hall–Kier alpha value is -0.700. The number of nitrogens with zero attached hydrogens (tertiary/aromatic N) is 1. The maximum absolute atomic E-state index is 4.13. The van der Waals surface area contributed by atoms with Crippen molar-refractivity contribution in [2.45, 2.75) is 24.0 Å². The molecule has 1 aliphatic rings. The Morgan fingerprint density at radius 3 is 3.23 bits per heavy atom. The van der Waals surface area contributed by atoms with Crippen molar-refractivity contribution in [3.05, 3.63) is 18.5 Å². The number of hydrogen-bond acceptors (Lipinski definition) is 3. The molecule has 0 aliphatic carbocycles. The van der Waals surface area contributed by atoms with Gasteiger partial charge in [0.1, 0.15) is 0 Å². The molecule has 1 unspecified atom stereocenters. The SMILES string of the molecule is CC(C)C1CNc2ccncc2S1. The Kier molecular flexibility index (Phi) is 2.44. The van der Waals surface area contributed by atoms with Crippen molar-refractivity contribution in [3.63, 3.8) is 0 Å². The zero-order valence-electron chi connectivity index (χ0n) is 7.95. The van der Waals surface area contributed by atoms with Crippen molar-refractivity contribution in [2.75, 3.05) is 11.9 Å². The quantitative estimate of drug-likeness (QED) is 0.744. The molecule has 2 nitrogen and oxygen atoms in total. The average Bonchev–Trinajstić information content (AvgIpc) is 2.17. The minimum Gasteiger partial charge on any atom is -0.383 e. The minimum atomic E-state index is 0.677. The first-order chi connectivity index (χ1) is 6.27. The van der Waals surface area contributed by atoms with Gasteiger partial charge >= 0.3 is 0 Å². The summed E-state index contributed by atoms with van der Waals surface area (Å²) in [5.41, 5.74) is 1.23. The molecule has 0 spiro atoms. The minimum absolute atomic E-state index is 0.677. The lowest BCUT2D eigenvalue weighted by Crippen LogP contribution is -2.25. The Morgan fingerprint density at radius 2 is 2.46 bits per heavy atom. The van der Waals surface area contributed by atoms with Crippen LogP contribution in [-0.2, 0) is 0 Å². The molecule has 3 heteroatoms. The topological polar surface area (TPSA) is 24.9 Å². The second kappa shape index (κ2) is 3.58. The van der Waals surface area contributed by atoms with Crippen LogP contribution in [0, 0.1) is 5.92 Å². The first kappa shape index (κ1) is 8.88. The lowest BCUT2D eigenvalue weighted by molar-refractivity contribution is 0.619. The molecule has 0 aromatic carbocycles. The van der Waals surface area contributed by atoms with Crippen LogP contribution in [0.25, 0.3) is 0 Å². The van der Waals surface area contributed by atoms with E-state index in [1.54, 1.807) is 0 Å². The third kappa shape index (κ3) is 1.80. The summed E-state index contributed by atoms with van der Waals surface area (Å²) >= 11 is 1.94. The average molecular weight is 194 g/mol. The number of thioether (sulfide) groups is 1. The van der Waals surface area contributed by atoms with Gasteiger partial charge in [-0.2, -0.15) is 0 Å². The van der Waals surface area contributed by atoms with Crippen LogP contribution < -0.4 is 5.32 Å². The molecular weight excluding hydrogens is 180 g/mol. The van der Waals surface area contributed by atoms with E-state index < -0.39 is 0 Å². The van der Waals surface area contributed by atoms with E-state index in [0.717, 1.165) is 6.54 Å². The zero-order chi connectivity index (χ0) is 9.26. The van der Waals surface area contributed by atoms with E-state index in [0.29, 0.717) is 11.2 Å². The molecule has 2 heterocycles. The number of hydrogen-bond donors (Lipinski definition) is 1. The van der Waals surface area contributed by atoms with E-state index in [-0.39, 0.29) is 0 Å². The largest absolute Gasteiger partial charge is 0.383 e. The number of pyridine rings is 1. The molecule has 1 aromatic rings. The van der Waals surface area contributed by atoms with E-state index in [2.05, 4.69) is 24.1 Å². The van der Waals surface area contributed by atoms with Crippen LogP contribution in [0.15, 0.2) is 23.4 Å². The standard InChI is InChI=1S/C10H14N2S/c1-7(2)9-6-12-8-3-4-11-5-10(8)13-9/h3-5,7,9,12H,6H2,1-2H3. The van der Waals surface area contributed by atoms with Gasteiger partial charge < -0.3 is 5.32 Å². The predicted octanol–water partition coefficient (Wildman–Crippen LogP) is 2.62. The van der Waals surface area contributed by atoms with E-state index in [1.165, 1.54) is 10.6 Å². The highest BCUT2D eigenvalue weighted by molar-refractivity contribution is 8.00. The molecule has 0 saturated carbocycles. The number of rotatable bonds is 1. The molecule has 0 bridgehead atoms. The molecule has 0 fully saturated rings. The van der Waals surface area contributed by atoms with E-state index in [4.69, 9.17) is 0 Å². The fourth-order valence-electron chi connectivity index (χ4n) is 1.41. The van der Waals surface area contributed by atoms with Crippen LogP contribution in [0.4, 0.5) is 5.69 Å². The first-order valence-corrected chi connectivity index (χ1v) is 5.50. The normalized spacial score (nSPS) is 21.0.